The van der Waals surface area contributed by atoms with Gasteiger partial charge in [-0.2, -0.15) is 0 Å². The second-order valence-electron chi connectivity index (χ2n) is 10.4. The van der Waals surface area contributed by atoms with Gasteiger partial charge in [0.25, 0.3) is 0 Å². The zero-order valence-electron chi connectivity index (χ0n) is 20.0. The molecule has 3 rings (SSSR count). The lowest BCUT2D eigenvalue weighted by molar-refractivity contribution is 0.373. The van der Waals surface area contributed by atoms with Crippen molar-refractivity contribution in [3.05, 3.63) is 82.4 Å². The Labute approximate surface area is 191 Å². The molecular weight excluding hydrogens is 400 g/mol. The minimum atomic E-state index is -0.233. The highest BCUT2D eigenvalue weighted by Crippen LogP contribution is 2.42. The molecule has 3 N–H and O–H groups in total. The van der Waals surface area contributed by atoms with Gasteiger partial charge in [-0.25, -0.2) is 0 Å². The molecule has 170 valence electrons. The summed E-state index contributed by atoms with van der Waals surface area (Å²) in [5.41, 5.74) is 4.21. The molecule has 0 aliphatic heterocycles. The van der Waals surface area contributed by atoms with Gasteiger partial charge in [0.1, 0.15) is 11.5 Å². The molecule has 32 heavy (non-hydrogen) atoms. The molecule has 0 saturated carbocycles. The molecule has 0 radical (unpaired) electrons. The van der Waals surface area contributed by atoms with Crippen LogP contribution in [0.15, 0.2) is 54.6 Å². The second-order valence-corrected chi connectivity index (χ2v) is 10.4. The van der Waals surface area contributed by atoms with E-state index in [1.54, 1.807) is 18.2 Å². The van der Waals surface area contributed by atoms with Gasteiger partial charge in [0.15, 0.2) is 11.5 Å². The number of benzene rings is 3. The zero-order valence-corrected chi connectivity index (χ0v) is 20.0. The number of phenols is 3. The van der Waals surface area contributed by atoms with Crippen LogP contribution in [0.5, 0.6) is 23.0 Å². The summed E-state index contributed by atoms with van der Waals surface area (Å²) in [4.78, 5) is 0. The van der Waals surface area contributed by atoms with E-state index in [0.717, 1.165) is 27.8 Å². The van der Waals surface area contributed by atoms with Crippen molar-refractivity contribution in [2.45, 2.75) is 58.3 Å². The van der Waals surface area contributed by atoms with E-state index in [-0.39, 0.29) is 34.0 Å². The number of phenolic OH excluding ortho intramolecular Hbond substituents is 3. The Morgan fingerprint density at radius 2 is 0.969 bits per heavy atom. The summed E-state index contributed by atoms with van der Waals surface area (Å²) in [5, 5.41) is 31.2. The van der Waals surface area contributed by atoms with Gasteiger partial charge < -0.3 is 20.1 Å². The first-order chi connectivity index (χ1) is 14.8. The van der Waals surface area contributed by atoms with Gasteiger partial charge in [0, 0.05) is 5.92 Å². The maximum absolute atomic E-state index is 10.5. The molecule has 0 aliphatic rings. The first-order valence-electron chi connectivity index (χ1n) is 10.9. The van der Waals surface area contributed by atoms with E-state index in [1.165, 1.54) is 7.11 Å². The first-order valence-corrected chi connectivity index (χ1v) is 10.9. The lowest BCUT2D eigenvalue weighted by Gasteiger charge is -2.27. The van der Waals surface area contributed by atoms with Crippen molar-refractivity contribution >= 4 is 0 Å². The summed E-state index contributed by atoms with van der Waals surface area (Å²) in [6.07, 6.45) is 0. The predicted octanol–water partition coefficient (Wildman–Crippen LogP) is 6.59. The summed E-state index contributed by atoms with van der Waals surface area (Å²) in [6.45, 7) is 12.4. The SMILES string of the molecule is COc1cc(C(c2ccc(O)c(C(C)(C)C)c2)c2ccc(O)c(C(C)(C)C)c2)ccc1O. The van der Waals surface area contributed by atoms with Crippen LogP contribution in [0.4, 0.5) is 0 Å². The maximum atomic E-state index is 10.5. The molecule has 4 heteroatoms. The number of methoxy groups -OCH3 is 1. The molecule has 4 nitrogen and oxygen atoms in total. The summed E-state index contributed by atoms with van der Waals surface area (Å²) >= 11 is 0. The number of hydrogen-bond acceptors (Lipinski definition) is 4. The van der Waals surface area contributed by atoms with E-state index in [4.69, 9.17) is 4.74 Å². The fraction of sp³-hybridized carbons (Fsp3) is 0.357. The van der Waals surface area contributed by atoms with Crippen LogP contribution in [-0.2, 0) is 10.8 Å². The van der Waals surface area contributed by atoms with Crippen LogP contribution in [0.25, 0.3) is 0 Å². The zero-order chi connectivity index (χ0) is 23.8. The van der Waals surface area contributed by atoms with Crippen LogP contribution >= 0.6 is 0 Å². The van der Waals surface area contributed by atoms with Crippen LogP contribution < -0.4 is 4.74 Å². The van der Waals surface area contributed by atoms with Crippen molar-refractivity contribution in [2.24, 2.45) is 0 Å². The molecule has 0 amide bonds. The topological polar surface area (TPSA) is 69.9 Å². The number of ether oxygens (including phenoxy) is 1. The van der Waals surface area contributed by atoms with Gasteiger partial charge in [-0.05, 0) is 62.9 Å². The lowest BCUT2D eigenvalue weighted by atomic mass is 9.78. The monoisotopic (exact) mass is 434 g/mol. The standard InChI is InChI=1S/C28H34O4/c1-27(2,3)20-14-17(8-11-22(20)29)26(19-10-13-24(31)25(16-19)32-7)18-9-12-23(30)21(15-18)28(4,5)6/h8-16,26,29-31H,1-7H3. The molecule has 0 aromatic heterocycles. The quantitative estimate of drug-likeness (QED) is 0.405. The number of hydrogen-bond donors (Lipinski definition) is 3. The van der Waals surface area contributed by atoms with Crippen LogP contribution in [0.1, 0.15) is 75.3 Å². The van der Waals surface area contributed by atoms with Crippen molar-refractivity contribution < 1.29 is 20.1 Å². The number of aromatic hydroxyl groups is 3. The average Bonchev–Trinajstić information content (AvgIpc) is 2.70. The molecule has 0 atom stereocenters. The van der Waals surface area contributed by atoms with Gasteiger partial charge >= 0.3 is 0 Å². The van der Waals surface area contributed by atoms with Crippen molar-refractivity contribution in [3.8, 4) is 23.0 Å². The summed E-state index contributed by atoms with van der Waals surface area (Å²) < 4.78 is 5.37. The lowest BCUT2D eigenvalue weighted by Crippen LogP contribution is -2.14. The molecule has 0 fully saturated rings. The Kier molecular flexibility index (Phi) is 6.19. The van der Waals surface area contributed by atoms with E-state index in [9.17, 15) is 15.3 Å². The normalized spacial score (nSPS) is 12.2. The highest BCUT2D eigenvalue weighted by molar-refractivity contribution is 5.54. The van der Waals surface area contributed by atoms with E-state index < -0.39 is 0 Å². The van der Waals surface area contributed by atoms with Crippen LogP contribution in [0.2, 0.25) is 0 Å². The smallest absolute Gasteiger partial charge is 0.160 e. The molecule has 0 unspecified atom stereocenters. The predicted molar refractivity (Wildman–Crippen MR) is 129 cm³/mol. The first kappa shape index (κ1) is 23.5. The van der Waals surface area contributed by atoms with E-state index >= 15 is 0 Å². The van der Waals surface area contributed by atoms with Crippen LogP contribution in [-0.4, -0.2) is 22.4 Å². The minimum Gasteiger partial charge on any atom is -0.508 e. The third kappa shape index (κ3) is 4.69. The largest absolute Gasteiger partial charge is 0.508 e. The molecule has 0 spiro atoms. The van der Waals surface area contributed by atoms with Crippen LogP contribution in [0, 0.1) is 0 Å². The summed E-state index contributed by atoms with van der Waals surface area (Å²) in [5.74, 6) is 0.830. The van der Waals surface area contributed by atoms with Gasteiger partial charge in [-0.1, -0.05) is 71.9 Å². The Hall–Kier alpha value is -3.14. The van der Waals surface area contributed by atoms with Gasteiger partial charge in [-0.3, -0.25) is 0 Å². The highest BCUT2D eigenvalue weighted by atomic mass is 16.5. The Balaban J connectivity index is 2.30. The molecule has 0 saturated heterocycles. The molecule has 0 heterocycles. The van der Waals surface area contributed by atoms with E-state index in [1.807, 2.05) is 36.4 Å². The van der Waals surface area contributed by atoms with E-state index in [0.29, 0.717) is 5.75 Å². The Morgan fingerprint density at radius 3 is 1.34 bits per heavy atom. The fourth-order valence-corrected chi connectivity index (χ4v) is 4.12. The van der Waals surface area contributed by atoms with Crippen LogP contribution in [0.3, 0.4) is 0 Å². The average molecular weight is 435 g/mol. The number of rotatable bonds is 4. The molecule has 3 aromatic carbocycles. The van der Waals surface area contributed by atoms with Gasteiger partial charge in [0.05, 0.1) is 7.11 Å². The fourth-order valence-electron chi connectivity index (χ4n) is 4.12. The van der Waals surface area contributed by atoms with Gasteiger partial charge in [0.2, 0.25) is 0 Å². The molecule has 0 bridgehead atoms. The molecule has 0 aliphatic carbocycles. The third-order valence-corrected chi connectivity index (χ3v) is 5.86. The minimum absolute atomic E-state index is 0.0807. The Bertz CT molecular complexity index is 1050. The van der Waals surface area contributed by atoms with Crippen molar-refractivity contribution in [3.63, 3.8) is 0 Å². The van der Waals surface area contributed by atoms with Gasteiger partial charge in [-0.15, -0.1) is 0 Å². The Morgan fingerprint density at radius 1 is 0.594 bits per heavy atom. The van der Waals surface area contributed by atoms with Crippen molar-refractivity contribution in [1.29, 1.82) is 0 Å². The second kappa shape index (κ2) is 8.42. The summed E-state index contributed by atoms with van der Waals surface area (Å²) in [6, 6.07) is 16.8. The summed E-state index contributed by atoms with van der Waals surface area (Å²) in [7, 11) is 1.53. The molecule has 3 aromatic rings. The highest BCUT2D eigenvalue weighted by Gasteiger charge is 2.26. The maximum Gasteiger partial charge on any atom is 0.160 e. The third-order valence-electron chi connectivity index (χ3n) is 5.86. The van der Waals surface area contributed by atoms with Crippen molar-refractivity contribution in [1.82, 2.24) is 0 Å². The van der Waals surface area contributed by atoms with Crippen molar-refractivity contribution in [2.75, 3.05) is 7.11 Å². The molecular formula is C28H34O4. The van der Waals surface area contributed by atoms with E-state index in [2.05, 4.69) is 41.5 Å².